The molecule has 24 fully saturated rings. The van der Waals surface area contributed by atoms with E-state index >= 15 is 0 Å². The van der Waals surface area contributed by atoms with Crippen LogP contribution in [0.2, 0.25) is 0 Å². The maximum atomic E-state index is 12.3. The van der Waals surface area contributed by atoms with E-state index in [-0.39, 0.29) is 86.2 Å². The molecule has 2 N–H and O–H groups in total. The van der Waals surface area contributed by atoms with Gasteiger partial charge in [-0.25, -0.2) is 0 Å². The minimum atomic E-state index is -0.460. The SMILES string of the molecule is CC(C)(C)C(=O)OCC12CC3CC(C1)C(=O)C(C3)C2.CC(C)(C)C(=O)OCC12CC3CC(C1)C(O)C(C3)C2.CC(C)(C)C(=O)OCC12CC3CC(C1)CC(c1ccccc1)(C3)C2.CC(C)(C)C(=O)OCC12CC3CC(CC(C3)C1)C2.CC(C)(C)C(=O)OCC12CC3CC(CC(O)(C3)C1)C2.CC12CC3CC(C1)CC(COC(=O)C(C)(C)C)(C3)C2. The van der Waals surface area contributed by atoms with Crippen molar-refractivity contribution < 1.29 is 72.2 Å². The third-order valence-electron chi connectivity index (χ3n) is 33.6. The number of ketones is 1. The van der Waals surface area contributed by atoms with Gasteiger partial charge < -0.3 is 38.6 Å². The first-order chi connectivity index (χ1) is 54.6. The van der Waals surface area contributed by atoms with Gasteiger partial charge in [0.2, 0.25) is 0 Å². The Morgan fingerprint density at radius 1 is 0.314 bits per heavy atom. The zero-order chi connectivity index (χ0) is 85.4. The van der Waals surface area contributed by atoms with Crippen molar-refractivity contribution in [2.24, 2.45) is 159 Å². The van der Waals surface area contributed by atoms with E-state index in [1.54, 1.807) is 0 Å². The first-order valence-corrected chi connectivity index (χ1v) is 47.7. The van der Waals surface area contributed by atoms with Gasteiger partial charge in [-0.2, -0.15) is 0 Å². The van der Waals surface area contributed by atoms with Crippen LogP contribution in [0.15, 0.2) is 30.3 Å². The Bertz CT molecular complexity index is 3630. The van der Waals surface area contributed by atoms with E-state index < -0.39 is 27.3 Å². The molecule has 24 saturated carbocycles. The lowest BCUT2D eigenvalue weighted by Crippen LogP contribution is -2.57. The van der Waals surface area contributed by atoms with Crippen LogP contribution in [0.25, 0.3) is 0 Å². The quantitative estimate of drug-likeness (QED) is 0.139. The van der Waals surface area contributed by atoms with E-state index in [2.05, 4.69) is 37.3 Å². The highest BCUT2D eigenvalue weighted by atomic mass is 16.6. The summed E-state index contributed by atoms with van der Waals surface area (Å²) in [6.45, 7) is 40.6. The summed E-state index contributed by atoms with van der Waals surface area (Å²) in [5.74, 6) is 10.5. The van der Waals surface area contributed by atoms with Crippen molar-refractivity contribution in [3.63, 3.8) is 0 Å². The smallest absolute Gasteiger partial charge is 0.311 e. The second-order valence-electron chi connectivity index (χ2n) is 52.1. The highest BCUT2D eigenvalue weighted by Gasteiger charge is 2.63. The second-order valence-corrected chi connectivity index (χ2v) is 52.1. The normalized spacial score (nSPS) is 42.0. The third kappa shape index (κ3) is 20.1. The Hall–Kier alpha value is -4.37. The number of carbonyl (C=O) groups excluding carboxylic acids is 7. The highest BCUT2D eigenvalue weighted by Crippen LogP contribution is 2.69. The van der Waals surface area contributed by atoms with Gasteiger partial charge in [0.05, 0.1) is 83.8 Å². The minimum Gasteiger partial charge on any atom is -0.465 e. The molecule has 24 aliphatic carbocycles. The van der Waals surface area contributed by atoms with Crippen molar-refractivity contribution in [1.29, 1.82) is 0 Å². The molecule has 15 nitrogen and oxygen atoms in total. The van der Waals surface area contributed by atoms with Crippen LogP contribution in [-0.2, 0) is 67.4 Å². The molecular weight excluding hydrogens is 1480 g/mol. The zero-order valence-electron chi connectivity index (χ0n) is 77.1. The van der Waals surface area contributed by atoms with Crippen LogP contribution in [0.3, 0.4) is 0 Å². The molecule has 118 heavy (non-hydrogen) atoms. The number of rotatable bonds is 13. The monoisotopic (exact) mass is 1640 g/mol. The van der Waals surface area contributed by atoms with E-state index in [4.69, 9.17) is 28.4 Å². The first-order valence-electron chi connectivity index (χ1n) is 47.7. The molecule has 0 aliphatic heterocycles. The summed E-state index contributed by atoms with van der Waals surface area (Å²) < 4.78 is 34.0. The minimum absolute atomic E-state index is 0.0294. The van der Waals surface area contributed by atoms with E-state index in [9.17, 15) is 43.8 Å². The van der Waals surface area contributed by atoms with Crippen LogP contribution in [0, 0.1) is 159 Å². The number of hydrogen-bond donors (Lipinski definition) is 2. The molecule has 15 heteroatoms. The summed E-state index contributed by atoms with van der Waals surface area (Å²) in [5, 5.41) is 20.9. The van der Waals surface area contributed by atoms with Crippen LogP contribution in [0.1, 0.15) is 355 Å². The maximum absolute atomic E-state index is 12.3. The van der Waals surface area contributed by atoms with Crippen LogP contribution < -0.4 is 0 Å². The topological polar surface area (TPSA) is 215 Å². The fraction of sp³-hybridized carbons (Fsp3) is 0.874. The molecule has 0 spiro atoms. The number of ether oxygens (including phenoxy) is 6. The Morgan fingerprint density at radius 3 is 0.907 bits per heavy atom. The lowest BCUT2D eigenvalue weighted by atomic mass is 9.43. The number of Topliss-reactive ketones (excluding diaryl/α,β-unsaturated/α-hetero) is 1. The summed E-state index contributed by atoms with van der Waals surface area (Å²) in [4.78, 5) is 84.2. The summed E-state index contributed by atoms with van der Waals surface area (Å²) in [5.41, 5.74) is 0.784. The Kier molecular flexibility index (Phi) is 24.6. The van der Waals surface area contributed by atoms with Gasteiger partial charge in [0, 0.05) is 44.3 Å². The molecular formula is C103H160O15. The fourth-order valence-corrected chi connectivity index (χ4v) is 30.9. The predicted octanol–water partition coefficient (Wildman–Crippen LogP) is 21.7. The average molecular weight is 1640 g/mol. The van der Waals surface area contributed by atoms with Gasteiger partial charge >= 0.3 is 35.8 Å². The molecule has 0 saturated heterocycles. The van der Waals surface area contributed by atoms with Gasteiger partial charge in [-0.1, -0.05) is 37.3 Å². The van der Waals surface area contributed by atoms with Gasteiger partial charge in [-0.05, 0) is 436 Å². The van der Waals surface area contributed by atoms with Gasteiger partial charge in [0.15, 0.2) is 0 Å². The lowest BCUT2D eigenvalue weighted by Gasteiger charge is -2.62. The molecule has 1 aromatic rings. The van der Waals surface area contributed by atoms with Crippen LogP contribution in [-0.4, -0.2) is 103 Å². The molecule has 1 aromatic carbocycles. The summed E-state index contributed by atoms with van der Waals surface area (Å²) in [7, 11) is 0. The summed E-state index contributed by atoms with van der Waals surface area (Å²) >= 11 is 0. The zero-order valence-corrected chi connectivity index (χ0v) is 77.1. The van der Waals surface area contributed by atoms with Gasteiger partial charge in [-0.3, -0.25) is 33.6 Å². The van der Waals surface area contributed by atoms with Crippen molar-refractivity contribution in [1.82, 2.24) is 0 Å². The number of benzene rings is 1. The van der Waals surface area contributed by atoms with E-state index in [1.165, 1.54) is 147 Å². The van der Waals surface area contributed by atoms with Gasteiger partial charge in [0.25, 0.3) is 0 Å². The molecule has 0 radical (unpaired) electrons. The lowest BCUT2D eigenvalue weighted by molar-refractivity contribution is -0.190. The summed E-state index contributed by atoms with van der Waals surface area (Å²) in [6, 6.07) is 11.1. The van der Waals surface area contributed by atoms with Crippen molar-refractivity contribution in [2.45, 2.75) is 367 Å². The number of aliphatic hydroxyl groups excluding tert-OH is 1. The standard InChI is InChI=1S/C22H30O2.C17H28O2.2C16H26O3.C16H24O3.C16H26O2/c1-20(2,3)19(23)24-15-21-10-16-9-17(11-21)13-22(12-16,14-21)18-7-5-4-6-8-18;1-15(2,3)14(18)19-11-17-8-12-5-13(9-17)7-16(4,6-12)10-17;1-14(2,3)13(17)19-10-15-5-11-4-12(6-15)8-16(18,7-11)9-15;2*1-15(2,3)14(18)19-9-16-6-10-4-11(7-16)13(17)12(5-10)8-16;1-15(2,3)14(17)18-10-16-7-11-4-12(8-16)6-13(5-11)9-16/h4-8,16-17H,9-15H2,1-3H3;12-13H,5-11H2,1-4H3;11-12,18H,4-10H2,1-3H3;10-13,17H,4-9H2,1-3H3;10-12H,4-9H2,1-3H3;11-13H,4-10H2,1-3H3. The van der Waals surface area contributed by atoms with E-state index in [1.807, 2.05) is 125 Å². The molecule has 10 unspecified atom stereocenters. The highest BCUT2D eigenvalue weighted by molar-refractivity contribution is 5.86. The molecule has 0 aromatic heterocycles. The van der Waals surface area contributed by atoms with Crippen LogP contribution in [0.5, 0.6) is 0 Å². The van der Waals surface area contributed by atoms with E-state index in [0.717, 1.165) is 124 Å². The van der Waals surface area contributed by atoms with Crippen molar-refractivity contribution in [2.75, 3.05) is 39.6 Å². The second kappa shape index (κ2) is 32.2. The molecule has 0 heterocycles. The molecule has 662 valence electrons. The van der Waals surface area contributed by atoms with Gasteiger partial charge in [0.1, 0.15) is 5.78 Å². The molecule has 0 amide bonds. The third-order valence-corrected chi connectivity index (χ3v) is 33.6. The van der Waals surface area contributed by atoms with Crippen molar-refractivity contribution in [3.05, 3.63) is 35.9 Å². The Balaban J connectivity index is 0.000000117. The van der Waals surface area contributed by atoms with Crippen LogP contribution >= 0.6 is 0 Å². The Morgan fingerprint density at radius 2 is 0.576 bits per heavy atom. The van der Waals surface area contributed by atoms with Crippen LogP contribution in [0.4, 0.5) is 0 Å². The largest absolute Gasteiger partial charge is 0.465 e. The maximum Gasteiger partial charge on any atom is 0.311 e. The number of esters is 6. The Labute approximate surface area is 711 Å². The molecule has 10 atom stereocenters. The predicted molar refractivity (Wildman–Crippen MR) is 459 cm³/mol. The van der Waals surface area contributed by atoms with Gasteiger partial charge in [-0.15, -0.1) is 0 Å². The summed E-state index contributed by atoms with van der Waals surface area (Å²) in [6.07, 6.45) is 41.4. The molecule has 24 bridgehead atoms. The average Bonchev–Trinajstić information content (AvgIpc) is 0.718. The van der Waals surface area contributed by atoms with E-state index in [0.29, 0.717) is 96.7 Å². The fourth-order valence-electron chi connectivity index (χ4n) is 30.9. The first kappa shape index (κ1) is 89.9. The van der Waals surface area contributed by atoms with Crippen molar-refractivity contribution >= 4 is 41.6 Å². The number of hydrogen-bond acceptors (Lipinski definition) is 15. The number of carbonyl (C=O) groups is 7. The number of aliphatic hydroxyl groups is 2. The van der Waals surface area contributed by atoms with Crippen molar-refractivity contribution in [3.8, 4) is 0 Å². The molecule has 24 aliphatic rings. The molecule has 25 rings (SSSR count).